The summed E-state index contributed by atoms with van der Waals surface area (Å²) < 4.78 is 5.15. The smallest absolute Gasteiger partial charge is 0.238 e. The highest BCUT2D eigenvalue weighted by Crippen LogP contribution is 2.16. The van der Waals surface area contributed by atoms with Crippen molar-refractivity contribution in [2.75, 3.05) is 38.6 Å². The Morgan fingerprint density at radius 1 is 1.04 bits per heavy atom. The maximum Gasteiger partial charge on any atom is 0.238 e. The summed E-state index contributed by atoms with van der Waals surface area (Å²) in [5.74, 6) is 0.436. The van der Waals surface area contributed by atoms with Gasteiger partial charge in [0.25, 0.3) is 0 Å². The summed E-state index contributed by atoms with van der Waals surface area (Å²) in [6, 6.07) is 15.3. The van der Waals surface area contributed by atoms with E-state index in [0.29, 0.717) is 24.5 Å². The van der Waals surface area contributed by atoms with Gasteiger partial charge in [0, 0.05) is 18.3 Å². The van der Waals surface area contributed by atoms with Gasteiger partial charge in [0.2, 0.25) is 11.8 Å². The normalized spacial score (nSPS) is 10.6. The number of anilines is 1. The van der Waals surface area contributed by atoms with E-state index in [-0.39, 0.29) is 24.9 Å². The Hall–Kier alpha value is -2.86. The molecule has 0 aliphatic rings. The molecule has 2 amide bonds. The average Bonchev–Trinajstić information content (AvgIpc) is 2.69. The van der Waals surface area contributed by atoms with Crippen LogP contribution in [0.5, 0.6) is 5.75 Å². The molecule has 2 aromatic carbocycles. The minimum absolute atomic E-state index is 0.0791. The molecule has 0 bridgehead atoms. The molecule has 6 heteroatoms. The molecule has 0 aliphatic carbocycles. The standard InChI is InChI=1S/C22H29N3O3/c1-4-25(16-22(27)24-19-10-7-11-20(14-19)28-3)15-21(26)23-13-12-18-9-6-5-8-17(18)2/h5-11,14H,4,12-13,15-16H2,1-3H3,(H,23,26)(H,24,27). The number of methoxy groups -OCH3 is 1. The maximum atomic E-state index is 12.3. The van der Waals surface area contributed by atoms with Crippen molar-refractivity contribution in [3.8, 4) is 5.75 Å². The molecule has 0 spiro atoms. The Morgan fingerprint density at radius 3 is 2.50 bits per heavy atom. The molecule has 2 aromatic rings. The molecular weight excluding hydrogens is 354 g/mol. The fourth-order valence-corrected chi connectivity index (χ4v) is 2.87. The quantitative estimate of drug-likeness (QED) is 0.662. The van der Waals surface area contributed by atoms with Crippen LogP contribution in [0, 0.1) is 6.92 Å². The van der Waals surface area contributed by atoms with E-state index in [4.69, 9.17) is 4.74 Å². The maximum absolute atomic E-state index is 12.3. The second-order valence-electron chi connectivity index (χ2n) is 6.61. The first-order chi connectivity index (χ1) is 13.5. The lowest BCUT2D eigenvalue weighted by atomic mass is 10.1. The first-order valence-corrected chi connectivity index (χ1v) is 9.49. The summed E-state index contributed by atoms with van der Waals surface area (Å²) in [6.45, 7) is 5.53. The lowest BCUT2D eigenvalue weighted by molar-refractivity contribution is -0.123. The van der Waals surface area contributed by atoms with Gasteiger partial charge >= 0.3 is 0 Å². The van der Waals surface area contributed by atoms with Gasteiger partial charge in [-0.2, -0.15) is 0 Å². The van der Waals surface area contributed by atoms with E-state index >= 15 is 0 Å². The van der Waals surface area contributed by atoms with Crippen LogP contribution in [0.15, 0.2) is 48.5 Å². The monoisotopic (exact) mass is 383 g/mol. The number of hydrogen-bond donors (Lipinski definition) is 2. The van der Waals surface area contributed by atoms with Crippen LogP contribution in [-0.2, 0) is 16.0 Å². The van der Waals surface area contributed by atoms with Crippen LogP contribution in [0.3, 0.4) is 0 Å². The van der Waals surface area contributed by atoms with Gasteiger partial charge < -0.3 is 15.4 Å². The van der Waals surface area contributed by atoms with E-state index in [1.807, 2.05) is 31.2 Å². The van der Waals surface area contributed by atoms with Gasteiger partial charge in [0.05, 0.1) is 20.2 Å². The first-order valence-electron chi connectivity index (χ1n) is 9.49. The minimum atomic E-state index is -0.164. The van der Waals surface area contributed by atoms with Crippen molar-refractivity contribution in [2.45, 2.75) is 20.3 Å². The topological polar surface area (TPSA) is 70.7 Å². The van der Waals surface area contributed by atoms with Gasteiger partial charge in [-0.15, -0.1) is 0 Å². The number of hydrogen-bond acceptors (Lipinski definition) is 4. The van der Waals surface area contributed by atoms with Crippen molar-refractivity contribution in [2.24, 2.45) is 0 Å². The minimum Gasteiger partial charge on any atom is -0.497 e. The number of nitrogens with one attached hydrogen (secondary N) is 2. The van der Waals surface area contributed by atoms with Gasteiger partial charge in [-0.25, -0.2) is 0 Å². The zero-order valence-electron chi connectivity index (χ0n) is 16.8. The number of amides is 2. The van der Waals surface area contributed by atoms with E-state index < -0.39 is 0 Å². The lowest BCUT2D eigenvalue weighted by Gasteiger charge is -2.19. The molecular formula is C22H29N3O3. The number of nitrogens with zero attached hydrogens (tertiary/aromatic N) is 1. The predicted octanol–water partition coefficient (Wildman–Crippen LogP) is 2.62. The fourth-order valence-electron chi connectivity index (χ4n) is 2.87. The van der Waals surface area contributed by atoms with Crippen LogP contribution in [0.4, 0.5) is 5.69 Å². The summed E-state index contributed by atoms with van der Waals surface area (Å²) in [6.07, 6.45) is 0.793. The third kappa shape index (κ3) is 7.04. The molecule has 6 nitrogen and oxygen atoms in total. The van der Waals surface area contributed by atoms with Gasteiger partial charge in [-0.05, 0) is 43.1 Å². The first kappa shape index (κ1) is 21.4. The van der Waals surface area contributed by atoms with Crippen molar-refractivity contribution < 1.29 is 14.3 Å². The number of likely N-dealkylation sites (N-methyl/N-ethyl adjacent to an activating group) is 1. The van der Waals surface area contributed by atoms with Crippen LogP contribution >= 0.6 is 0 Å². The summed E-state index contributed by atoms with van der Waals surface area (Å²) in [5.41, 5.74) is 3.12. The number of carbonyl (C=O) groups is 2. The third-order valence-corrected chi connectivity index (χ3v) is 4.51. The summed E-state index contributed by atoms with van der Waals surface area (Å²) >= 11 is 0. The van der Waals surface area contributed by atoms with Gasteiger partial charge in [-0.3, -0.25) is 14.5 Å². The van der Waals surface area contributed by atoms with Crippen LogP contribution in [0.25, 0.3) is 0 Å². The molecule has 0 unspecified atom stereocenters. The molecule has 0 atom stereocenters. The number of benzene rings is 2. The molecule has 0 aliphatic heterocycles. The van der Waals surface area contributed by atoms with Gasteiger partial charge in [0.15, 0.2) is 0 Å². The van der Waals surface area contributed by atoms with Crippen LogP contribution < -0.4 is 15.4 Å². The summed E-state index contributed by atoms with van der Waals surface area (Å²) in [5, 5.41) is 5.77. The third-order valence-electron chi connectivity index (χ3n) is 4.51. The Labute approximate surface area is 166 Å². The summed E-state index contributed by atoms with van der Waals surface area (Å²) in [4.78, 5) is 26.3. The van der Waals surface area contributed by atoms with Crippen molar-refractivity contribution in [3.05, 3.63) is 59.7 Å². The van der Waals surface area contributed by atoms with E-state index in [1.54, 1.807) is 24.1 Å². The van der Waals surface area contributed by atoms with Crippen molar-refractivity contribution in [3.63, 3.8) is 0 Å². The molecule has 2 rings (SSSR count). The molecule has 0 aromatic heterocycles. The molecule has 2 N–H and O–H groups in total. The van der Waals surface area contributed by atoms with Crippen molar-refractivity contribution in [1.82, 2.24) is 10.2 Å². The number of carbonyl (C=O) groups excluding carboxylic acids is 2. The largest absolute Gasteiger partial charge is 0.497 e. The van der Waals surface area contributed by atoms with E-state index in [9.17, 15) is 9.59 Å². The van der Waals surface area contributed by atoms with Crippen LogP contribution in [0.1, 0.15) is 18.1 Å². The zero-order valence-corrected chi connectivity index (χ0v) is 16.8. The average molecular weight is 383 g/mol. The Kier molecular flexibility index (Phi) is 8.49. The highest BCUT2D eigenvalue weighted by Gasteiger charge is 2.13. The highest BCUT2D eigenvalue weighted by molar-refractivity contribution is 5.92. The second-order valence-corrected chi connectivity index (χ2v) is 6.61. The second kappa shape index (κ2) is 11.1. The lowest BCUT2D eigenvalue weighted by Crippen LogP contribution is -2.41. The van der Waals surface area contributed by atoms with E-state index in [1.165, 1.54) is 11.1 Å². The highest BCUT2D eigenvalue weighted by atomic mass is 16.5. The number of rotatable bonds is 10. The predicted molar refractivity (Wildman–Crippen MR) is 112 cm³/mol. The summed E-state index contributed by atoms with van der Waals surface area (Å²) in [7, 11) is 1.58. The van der Waals surface area contributed by atoms with Gasteiger partial charge in [-0.1, -0.05) is 37.3 Å². The van der Waals surface area contributed by atoms with E-state index in [2.05, 4.69) is 29.7 Å². The molecule has 0 radical (unpaired) electrons. The van der Waals surface area contributed by atoms with E-state index in [0.717, 1.165) is 6.42 Å². The molecule has 28 heavy (non-hydrogen) atoms. The molecule has 0 saturated carbocycles. The zero-order chi connectivity index (χ0) is 20.4. The Balaban J connectivity index is 1.76. The van der Waals surface area contributed by atoms with Gasteiger partial charge in [0.1, 0.15) is 5.75 Å². The molecule has 0 heterocycles. The molecule has 150 valence electrons. The SMILES string of the molecule is CCN(CC(=O)NCCc1ccccc1C)CC(=O)Nc1cccc(OC)c1. The number of ether oxygens (including phenoxy) is 1. The fraction of sp³-hybridized carbons (Fsp3) is 0.364. The van der Waals surface area contributed by atoms with Crippen molar-refractivity contribution >= 4 is 17.5 Å². The Bertz CT molecular complexity index is 792. The molecule has 0 fully saturated rings. The van der Waals surface area contributed by atoms with Crippen molar-refractivity contribution in [1.29, 1.82) is 0 Å². The van der Waals surface area contributed by atoms with Crippen LogP contribution in [0.2, 0.25) is 0 Å². The Morgan fingerprint density at radius 2 is 1.79 bits per heavy atom. The molecule has 0 saturated heterocycles. The number of aryl methyl sites for hydroxylation is 1. The van der Waals surface area contributed by atoms with Crippen LogP contribution in [-0.4, -0.2) is 50.0 Å².